The van der Waals surface area contributed by atoms with Crippen molar-refractivity contribution in [3.8, 4) is 0 Å². The number of hydrogen-bond acceptors (Lipinski definition) is 7. The molecule has 2 radical (unpaired) electrons. The average molecular weight is 957 g/mol. The zero-order chi connectivity index (χ0) is 37.6. The number of hydrogen-bond donors (Lipinski definition) is 1. The Bertz CT molecular complexity index is 1610. The molecule has 1 aliphatic heterocycles. The topological polar surface area (TPSA) is 154 Å². The van der Waals surface area contributed by atoms with Gasteiger partial charge >= 0.3 is 5.97 Å². The fraction of sp³-hybridized carbons (Fsp3) is 0.513. The van der Waals surface area contributed by atoms with Crippen LogP contribution in [0.3, 0.4) is 0 Å². The van der Waals surface area contributed by atoms with Crippen molar-refractivity contribution >= 4 is 108 Å². The molecule has 0 saturated carbocycles. The third-order valence-corrected chi connectivity index (χ3v) is 7.49. The molecule has 0 atom stereocenters. The molecule has 2 aromatic heterocycles. The number of pyridine rings is 2. The molecule has 1 fully saturated rings. The second-order valence-electron chi connectivity index (χ2n) is 15.1. The molecule has 0 aliphatic carbocycles. The summed E-state index contributed by atoms with van der Waals surface area (Å²) < 4.78 is 17.8. The largest absolute Gasteiger partial charge is 0.465 e. The number of carbonyl (C=O) groups excluding carboxylic acids is 1. The van der Waals surface area contributed by atoms with E-state index in [9.17, 15) is 4.79 Å². The Morgan fingerprint density at radius 1 is 0.788 bits per heavy atom. The predicted molar refractivity (Wildman–Crippen MR) is 236 cm³/mol. The normalized spacial score (nSPS) is 12.0. The molecule has 9 nitrogen and oxygen atoms in total. The van der Waals surface area contributed by atoms with Gasteiger partial charge in [0.05, 0.1) is 41.5 Å². The van der Waals surface area contributed by atoms with Crippen LogP contribution in [0.4, 0.5) is 0 Å². The number of fused-ring (bicyclic) bond motifs is 2. The number of aryl methyl sites for hydroxylation is 2. The maximum Gasteiger partial charge on any atom is 0.337 e. The number of benzene rings is 2. The van der Waals surface area contributed by atoms with E-state index in [1.807, 2.05) is 66.8 Å². The van der Waals surface area contributed by atoms with E-state index < -0.39 is 0 Å². The minimum atomic E-state index is -0.318. The van der Waals surface area contributed by atoms with E-state index in [0.717, 1.165) is 58.9 Å². The van der Waals surface area contributed by atoms with Crippen molar-refractivity contribution in [3.05, 3.63) is 78.2 Å². The minimum absolute atomic E-state index is 0. The molecule has 0 bridgehead atoms. The van der Waals surface area contributed by atoms with Crippen LogP contribution >= 0.6 is 45.2 Å². The van der Waals surface area contributed by atoms with E-state index in [1.54, 1.807) is 6.07 Å². The molecular formula is C39H60AlI2LiN2O7. The fourth-order valence-electron chi connectivity index (χ4n) is 4.45. The molecule has 5 rings (SSSR count). The first-order chi connectivity index (χ1) is 22.5. The number of esters is 1. The number of rotatable bonds is 2. The number of aliphatic hydroxyl groups excluding tert-OH is 1. The second kappa shape index (κ2) is 26.1. The van der Waals surface area contributed by atoms with Gasteiger partial charge < -0.3 is 30.3 Å². The molecule has 4 aromatic rings. The zero-order valence-electron chi connectivity index (χ0n) is 33.6. The van der Waals surface area contributed by atoms with Gasteiger partial charge in [-0.15, -0.1) is 0 Å². The molecule has 286 valence electrons. The number of aromatic nitrogens is 2. The molecule has 1 aliphatic rings. The van der Waals surface area contributed by atoms with Crippen LogP contribution in [0.1, 0.15) is 102 Å². The van der Waals surface area contributed by atoms with Gasteiger partial charge in [-0.3, -0.25) is 9.97 Å². The molecule has 2 aromatic carbocycles. The van der Waals surface area contributed by atoms with Crippen LogP contribution < -0.4 is 0 Å². The van der Waals surface area contributed by atoms with Gasteiger partial charge in [-0.2, -0.15) is 0 Å². The van der Waals surface area contributed by atoms with E-state index in [-0.39, 0.29) is 53.6 Å². The number of halogens is 2. The molecule has 52 heavy (non-hydrogen) atoms. The predicted octanol–water partition coefficient (Wildman–Crippen LogP) is 8.05. The monoisotopic (exact) mass is 956 g/mol. The Labute approximate surface area is 359 Å². The fourth-order valence-corrected chi connectivity index (χ4v) is 6.08. The Kier molecular flexibility index (Phi) is 27.8. The Morgan fingerprint density at radius 2 is 1.19 bits per heavy atom. The van der Waals surface area contributed by atoms with Gasteiger partial charge in [-0.05, 0) is 167 Å². The Morgan fingerprint density at radius 3 is 1.52 bits per heavy atom. The van der Waals surface area contributed by atoms with Crippen LogP contribution in [0.15, 0.2) is 48.8 Å². The Hall–Kier alpha value is -0.880. The van der Waals surface area contributed by atoms with E-state index in [1.165, 1.54) is 20.0 Å². The summed E-state index contributed by atoms with van der Waals surface area (Å²) in [5.41, 5.74) is 5.61. The third kappa shape index (κ3) is 24.5. The molecular weight excluding hydrogens is 896 g/mol. The van der Waals surface area contributed by atoms with Crippen molar-refractivity contribution in [1.29, 1.82) is 0 Å². The van der Waals surface area contributed by atoms with Crippen LogP contribution in [0.5, 0.6) is 0 Å². The maximum atomic E-state index is 11.4. The standard InChI is InChI=1S/C12H10INO2.C11H10INO.C8H18O.C4H8O.C4H9.Al.Li.2H2O.H/c1-7-3-8-4-9(12(15)16-2)5-10(13)11(8)14-6-7;1-7-2-9-3-8(6-14)4-10(12)11(9)13-5-7;1-7(2,3)9-8(4,5)6;1-2-4-5-3-1;1-4(2)3;;;;;/h3-6H,1-2H3;2-5,14H,6H2,1H3;1-6H3;1-4H2;1-3H3;;;2*1H2;. The van der Waals surface area contributed by atoms with Crippen molar-refractivity contribution in [2.45, 2.75) is 111 Å². The van der Waals surface area contributed by atoms with Crippen LogP contribution in [0.25, 0.3) is 21.8 Å². The molecule has 1 saturated heterocycles. The smallest absolute Gasteiger partial charge is 0.337 e. The van der Waals surface area contributed by atoms with Crippen molar-refractivity contribution in [3.63, 3.8) is 0 Å². The summed E-state index contributed by atoms with van der Waals surface area (Å²) in [6, 6.07) is 11.6. The number of ether oxygens (including phenoxy) is 3. The minimum Gasteiger partial charge on any atom is -0.465 e. The molecule has 0 amide bonds. The van der Waals surface area contributed by atoms with Crippen molar-refractivity contribution in [1.82, 2.24) is 9.97 Å². The first-order valence-corrected chi connectivity index (χ1v) is 19.3. The van der Waals surface area contributed by atoms with Crippen LogP contribution in [-0.4, -0.2) is 98.7 Å². The summed E-state index contributed by atoms with van der Waals surface area (Å²) in [4.78, 5) is 20.2. The zero-order valence-corrected chi connectivity index (χ0v) is 39.3. The SMILES string of the molecule is C1CCOC1.CC(C)(C)OC(C)(C)C.COC(=O)c1cc(I)c2ncc(C)cc2c1.C[C](C)(C)[AlH].Cc1cnc2c(I)cc(CO)cc2c1.O.O.[Li]. The summed E-state index contributed by atoms with van der Waals surface area (Å²) in [5, 5.41) is 11.1. The maximum absolute atomic E-state index is 11.4. The van der Waals surface area contributed by atoms with Gasteiger partial charge in [-0.25, -0.2) is 4.79 Å². The van der Waals surface area contributed by atoms with Crippen molar-refractivity contribution in [2.75, 3.05) is 20.3 Å². The summed E-state index contributed by atoms with van der Waals surface area (Å²) in [5.74, 6) is -0.318. The van der Waals surface area contributed by atoms with Gasteiger partial charge in [0.2, 0.25) is 0 Å². The quantitative estimate of drug-likeness (QED) is 0.121. The summed E-state index contributed by atoms with van der Waals surface area (Å²) in [6.07, 6.45) is 6.24. The summed E-state index contributed by atoms with van der Waals surface area (Å²) in [7, 11) is 1.38. The molecule has 13 heteroatoms. The van der Waals surface area contributed by atoms with E-state index in [4.69, 9.17) is 19.3 Å². The first-order valence-electron chi connectivity index (χ1n) is 16.5. The van der Waals surface area contributed by atoms with Crippen molar-refractivity contribution in [2.24, 2.45) is 0 Å². The Balaban J connectivity index is -0.000000610. The first kappa shape index (κ1) is 55.5. The molecule has 3 heterocycles. The van der Waals surface area contributed by atoms with E-state index in [0.29, 0.717) is 9.84 Å². The van der Waals surface area contributed by atoms with Crippen LogP contribution in [-0.2, 0) is 20.8 Å². The average Bonchev–Trinajstić information content (AvgIpc) is 3.54. The molecule has 0 spiro atoms. The second-order valence-corrected chi connectivity index (χ2v) is 19.5. The van der Waals surface area contributed by atoms with Gasteiger partial charge in [0.15, 0.2) is 16.3 Å². The van der Waals surface area contributed by atoms with Gasteiger partial charge in [-0.1, -0.05) is 25.0 Å². The molecule has 5 N–H and O–H groups in total. The molecule has 0 unspecified atom stereocenters. The number of nitrogens with zero attached hydrogens (tertiary/aromatic N) is 2. The van der Waals surface area contributed by atoms with Gasteiger partial charge in [0, 0.05) is 62.4 Å². The van der Waals surface area contributed by atoms with E-state index in [2.05, 4.69) is 124 Å². The van der Waals surface area contributed by atoms with Crippen LogP contribution in [0.2, 0.25) is 4.28 Å². The summed E-state index contributed by atoms with van der Waals surface area (Å²) >= 11 is 6.43. The van der Waals surface area contributed by atoms with E-state index >= 15 is 0 Å². The van der Waals surface area contributed by atoms with Gasteiger partial charge in [0.1, 0.15) is 0 Å². The van der Waals surface area contributed by atoms with Crippen LogP contribution in [0, 0.1) is 21.0 Å². The number of aliphatic hydroxyl groups is 1. The number of methoxy groups -OCH3 is 1. The summed E-state index contributed by atoms with van der Waals surface area (Å²) in [6.45, 7) is 25.1. The van der Waals surface area contributed by atoms with Crippen molar-refractivity contribution < 1.29 is 35.1 Å². The number of carbonyl (C=O) groups is 1. The van der Waals surface area contributed by atoms with Gasteiger partial charge in [0.25, 0.3) is 0 Å². The third-order valence-electron chi connectivity index (χ3n) is 5.85.